The van der Waals surface area contributed by atoms with E-state index in [9.17, 15) is 0 Å². The van der Waals surface area contributed by atoms with Crippen LogP contribution in [0.3, 0.4) is 0 Å². The smallest absolute Gasteiger partial charge is 0.226 e. The lowest BCUT2D eigenvalue weighted by Crippen LogP contribution is -2.19. The van der Waals surface area contributed by atoms with Crippen molar-refractivity contribution in [2.45, 2.75) is 39.8 Å². The third kappa shape index (κ3) is 2.33. The predicted octanol–water partition coefficient (Wildman–Crippen LogP) is 3.01. The van der Waals surface area contributed by atoms with E-state index in [-0.39, 0.29) is 0 Å². The van der Waals surface area contributed by atoms with Gasteiger partial charge in [-0.25, -0.2) is 9.97 Å². The largest absolute Gasteiger partial charge is 0.399 e. The van der Waals surface area contributed by atoms with Crippen LogP contribution in [0, 0.1) is 6.92 Å². The first-order valence-corrected chi connectivity index (χ1v) is 7.01. The zero-order valence-electron chi connectivity index (χ0n) is 12.2. The molecule has 0 fully saturated rings. The molecule has 1 aromatic carbocycles. The number of nitrogen functional groups attached to an aromatic ring is 1. The number of rotatable bonds is 2. The van der Waals surface area contributed by atoms with Gasteiger partial charge in [0.1, 0.15) is 0 Å². The highest BCUT2D eigenvalue weighted by Crippen LogP contribution is 2.28. The van der Waals surface area contributed by atoms with E-state index in [2.05, 4.69) is 41.9 Å². The standard InChI is InChI=1S/C16H20N4/c1-10(2)15-6-11(3)18-16(19-15)20-8-12-4-5-14(17)7-13(12)9-20/h4-7,10H,8-9,17H2,1-3H3. The number of hydrogen-bond acceptors (Lipinski definition) is 4. The summed E-state index contributed by atoms with van der Waals surface area (Å²) in [5.41, 5.74) is 11.4. The van der Waals surface area contributed by atoms with Crippen molar-refractivity contribution >= 4 is 11.6 Å². The van der Waals surface area contributed by atoms with Crippen LogP contribution in [-0.4, -0.2) is 9.97 Å². The zero-order valence-corrected chi connectivity index (χ0v) is 12.2. The molecule has 2 N–H and O–H groups in total. The van der Waals surface area contributed by atoms with Gasteiger partial charge in [0.25, 0.3) is 0 Å². The first kappa shape index (κ1) is 12.9. The lowest BCUT2D eigenvalue weighted by Gasteiger charge is -2.17. The van der Waals surface area contributed by atoms with Crippen molar-refractivity contribution in [3.8, 4) is 0 Å². The average molecular weight is 268 g/mol. The fourth-order valence-corrected chi connectivity index (χ4v) is 2.57. The van der Waals surface area contributed by atoms with Crippen LogP contribution in [0.1, 0.15) is 42.3 Å². The molecule has 104 valence electrons. The van der Waals surface area contributed by atoms with E-state index in [1.807, 2.05) is 13.0 Å². The van der Waals surface area contributed by atoms with Crippen molar-refractivity contribution in [2.75, 3.05) is 10.6 Å². The second-order valence-electron chi connectivity index (χ2n) is 5.77. The molecule has 4 heteroatoms. The monoisotopic (exact) mass is 268 g/mol. The summed E-state index contributed by atoms with van der Waals surface area (Å²) >= 11 is 0. The third-order valence-corrected chi connectivity index (χ3v) is 3.69. The van der Waals surface area contributed by atoms with Gasteiger partial charge in [-0.05, 0) is 42.2 Å². The quantitative estimate of drug-likeness (QED) is 0.851. The third-order valence-electron chi connectivity index (χ3n) is 3.69. The summed E-state index contributed by atoms with van der Waals surface area (Å²) in [6.07, 6.45) is 0. The van der Waals surface area contributed by atoms with Gasteiger partial charge in [0.2, 0.25) is 5.95 Å². The Balaban J connectivity index is 1.92. The SMILES string of the molecule is Cc1cc(C(C)C)nc(N2Cc3ccc(N)cc3C2)n1. The molecule has 1 aromatic heterocycles. The molecule has 0 saturated carbocycles. The Hall–Kier alpha value is -2.10. The van der Waals surface area contributed by atoms with E-state index in [0.717, 1.165) is 36.1 Å². The first-order chi connectivity index (χ1) is 9.52. The second kappa shape index (κ2) is 4.78. The molecule has 0 saturated heterocycles. The molecule has 1 aliphatic rings. The van der Waals surface area contributed by atoms with Crippen LogP contribution in [0.4, 0.5) is 11.6 Å². The first-order valence-electron chi connectivity index (χ1n) is 7.01. The molecule has 0 spiro atoms. The number of nitrogens with two attached hydrogens (primary N) is 1. The highest BCUT2D eigenvalue weighted by atomic mass is 15.3. The maximum Gasteiger partial charge on any atom is 0.226 e. The van der Waals surface area contributed by atoms with E-state index in [0.29, 0.717) is 5.92 Å². The minimum Gasteiger partial charge on any atom is -0.399 e. The van der Waals surface area contributed by atoms with Crippen molar-refractivity contribution in [1.29, 1.82) is 0 Å². The Bertz CT molecular complexity index is 649. The van der Waals surface area contributed by atoms with Crippen LogP contribution < -0.4 is 10.6 Å². The molecule has 2 heterocycles. The minimum absolute atomic E-state index is 0.413. The van der Waals surface area contributed by atoms with Crippen LogP contribution in [-0.2, 0) is 13.1 Å². The Kier molecular flexibility index (Phi) is 3.08. The van der Waals surface area contributed by atoms with E-state index in [1.54, 1.807) is 0 Å². The number of benzene rings is 1. The van der Waals surface area contributed by atoms with Gasteiger partial charge in [-0.3, -0.25) is 0 Å². The summed E-state index contributed by atoms with van der Waals surface area (Å²) in [5.74, 6) is 1.24. The van der Waals surface area contributed by atoms with Crippen LogP contribution in [0.15, 0.2) is 24.3 Å². The number of hydrogen-bond donors (Lipinski definition) is 1. The van der Waals surface area contributed by atoms with E-state index in [1.165, 1.54) is 11.1 Å². The molecule has 0 bridgehead atoms. The minimum atomic E-state index is 0.413. The van der Waals surface area contributed by atoms with Gasteiger partial charge in [0.05, 0.1) is 0 Å². The van der Waals surface area contributed by atoms with Gasteiger partial charge in [-0.15, -0.1) is 0 Å². The number of nitrogens with zero attached hydrogens (tertiary/aromatic N) is 3. The van der Waals surface area contributed by atoms with Gasteiger partial charge >= 0.3 is 0 Å². The highest BCUT2D eigenvalue weighted by Gasteiger charge is 2.22. The summed E-state index contributed by atoms with van der Waals surface area (Å²) < 4.78 is 0. The fourth-order valence-electron chi connectivity index (χ4n) is 2.57. The van der Waals surface area contributed by atoms with Crippen LogP contribution in [0.2, 0.25) is 0 Å². The zero-order chi connectivity index (χ0) is 14.3. The van der Waals surface area contributed by atoms with E-state index < -0.39 is 0 Å². The molecule has 0 amide bonds. The van der Waals surface area contributed by atoms with Crippen molar-refractivity contribution in [3.63, 3.8) is 0 Å². The van der Waals surface area contributed by atoms with Gasteiger partial charge in [0, 0.05) is 30.2 Å². The van der Waals surface area contributed by atoms with Gasteiger partial charge in [0.15, 0.2) is 0 Å². The summed E-state index contributed by atoms with van der Waals surface area (Å²) in [5, 5.41) is 0. The second-order valence-corrected chi connectivity index (χ2v) is 5.77. The Morgan fingerprint density at radius 3 is 2.60 bits per heavy atom. The molecule has 3 rings (SSSR count). The summed E-state index contributed by atoms with van der Waals surface area (Å²) in [6.45, 7) is 8.03. The molecule has 0 atom stereocenters. The molecule has 1 aliphatic heterocycles. The van der Waals surface area contributed by atoms with Crippen molar-refractivity contribution in [3.05, 3.63) is 46.8 Å². The summed E-state index contributed by atoms with van der Waals surface area (Å²) in [7, 11) is 0. The van der Waals surface area contributed by atoms with Crippen molar-refractivity contribution < 1.29 is 0 Å². The summed E-state index contributed by atoms with van der Waals surface area (Å²) in [4.78, 5) is 11.5. The Morgan fingerprint density at radius 1 is 1.10 bits per heavy atom. The molecule has 0 aliphatic carbocycles. The summed E-state index contributed by atoms with van der Waals surface area (Å²) in [6, 6.07) is 8.17. The number of anilines is 2. The van der Waals surface area contributed by atoms with E-state index >= 15 is 0 Å². The predicted molar refractivity (Wildman–Crippen MR) is 81.6 cm³/mol. The maximum atomic E-state index is 5.85. The van der Waals surface area contributed by atoms with Gasteiger partial charge in [-0.1, -0.05) is 19.9 Å². The van der Waals surface area contributed by atoms with Gasteiger partial charge in [-0.2, -0.15) is 0 Å². The van der Waals surface area contributed by atoms with Crippen molar-refractivity contribution in [1.82, 2.24) is 9.97 Å². The van der Waals surface area contributed by atoms with Gasteiger partial charge < -0.3 is 10.6 Å². The molecule has 0 unspecified atom stereocenters. The lowest BCUT2D eigenvalue weighted by atomic mass is 10.1. The molecular weight excluding hydrogens is 248 g/mol. The topological polar surface area (TPSA) is 55.0 Å². The molecule has 0 radical (unpaired) electrons. The number of aryl methyl sites for hydroxylation is 1. The molecule has 4 nitrogen and oxygen atoms in total. The fraction of sp³-hybridized carbons (Fsp3) is 0.375. The van der Waals surface area contributed by atoms with Crippen LogP contribution >= 0.6 is 0 Å². The van der Waals surface area contributed by atoms with E-state index in [4.69, 9.17) is 10.7 Å². The van der Waals surface area contributed by atoms with Crippen LogP contribution in [0.25, 0.3) is 0 Å². The lowest BCUT2D eigenvalue weighted by molar-refractivity contribution is 0.769. The highest BCUT2D eigenvalue weighted by molar-refractivity contribution is 5.51. The van der Waals surface area contributed by atoms with Crippen LogP contribution in [0.5, 0.6) is 0 Å². The number of fused-ring (bicyclic) bond motifs is 1. The molecule has 20 heavy (non-hydrogen) atoms. The number of aromatic nitrogens is 2. The molecule has 2 aromatic rings. The normalized spacial score (nSPS) is 13.9. The average Bonchev–Trinajstić information content (AvgIpc) is 2.80. The molecular formula is C16H20N4. The Morgan fingerprint density at radius 2 is 1.85 bits per heavy atom. The van der Waals surface area contributed by atoms with Crippen molar-refractivity contribution in [2.24, 2.45) is 0 Å². The Labute approximate surface area is 119 Å². The maximum absolute atomic E-state index is 5.85.